The number of nitrogens with zero attached hydrogens (tertiary/aromatic N) is 2. The number of anilines is 1. The number of benzene rings is 3. The molecule has 0 aromatic heterocycles. The van der Waals surface area contributed by atoms with E-state index in [4.69, 9.17) is 0 Å². The molecular formula is C27H30FN3O4S. The third-order valence-corrected chi connectivity index (χ3v) is 7.57. The number of hydrogen-bond acceptors (Lipinski definition) is 4. The number of carbonyl (C=O) groups excluding carboxylic acids is 2. The normalized spacial score (nSPS) is 12.0. The number of carbonyl (C=O) groups is 2. The Hall–Kier alpha value is -3.72. The Bertz CT molecular complexity index is 1310. The van der Waals surface area contributed by atoms with Gasteiger partial charge < -0.3 is 10.2 Å². The van der Waals surface area contributed by atoms with Gasteiger partial charge in [-0.3, -0.25) is 13.9 Å². The highest BCUT2D eigenvalue weighted by Crippen LogP contribution is 2.26. The number of hydrogen-bond donors (Lipinski definition) is 1. The Balaban J connectivity index is 2.05. The lowest BCUT2D eigenvalue weighted by Gasteiger charge is -2.32. The zero-order valence-corrected chi connectivity index (χ0v) is 21.5. The number of halogens is 1. The first-order valence-corrected chi connectivity index (χ1v) is 12.9. The van der Waals surface area contributed by atoms with Gasteiger partial charge in [-0.25, -0.2) is 12.8 Å². The minimum atomic E-state index is -4.11. The average molecular weight is 512 g/mol. The smallest absolute Gasteiger partial charge is 0.264 e. The number of rotatable bonds is 9. The molecule has 0 aliphatic carbocycles. The van der Waals surface area contributed by atoms with Gasteiger partial charge in [0.15, 0.2) is 0 Å². The summed E-state index contributed by atoms with van der Waals surface area (Å²) in [5, 5.41) is 2.53. The van der Waals surface area contributed by atoms with Gasteiger partial charge in [-0.05, 0) is 73.9 Å². The van der Waals surface area contributed by atoms with E-state index in [1.54, 1.807) is 37.3 Å². The molecule has 0 radical (unpaired) electrons. The minimum absolute atomic E-state index is 0.000228. The first-order valence-electron chi connectivity index (χ1n) is 11.4. The van der Waals surface area contributed by atoms with Gasteiger partial charge in [0.25, 0.3) is 10.0 Å². The highest BCUT2D eigenvalue weighted by Gasteiger charge is 2.32. The molecule has 0 bridgehead atoms. The van der Waals surface area contributed by atoms with Gasteiger partial charge in [0.1, 0.15) is 18.4 Å². The number of aryl methyl sites for hydroxylation is 2. The van der Waals surface area contributed by atoms with Crippen LogP contribution in [0.1, 0.15) is 23.6 Å². The van der Waals surface area contributed by atoms with Crippen molar-refractivity contribution in [3.05, 3.63) is 95.3 Å². The molecule has 3 rings (SSSR count). The third-order valence-electron chi connectivity index (χ3n) is 5.78. The monoisotopic (exact) mass is 511 g/mol. The van der Waals surface area contributed by atoms with Gasteiger partial charge >= 0.3 is 0 Å². The van der Waals surface area contributed by atoms with Crippen LogP contribution in [-0.2, 0) is 26.2 Å². The summed E-state index contributed by atoms with van der Waals surface area (Å²) in [6, 6.07) is 17.9. The molecule has 3 aromatic rings. The number of likely N-dealkylation sites (N-methyl/N-ethyl adjacent to an activating group) is 1. The van der Waals surface area contributed by atoms with Crippen LogP contribution >= 0.6 is 0 Å². The summed E-state index contributed by atoms with van der Waals surface area (Å²) in [5.41, 5.74) is 2.63. The fraction of sp³-hybridized carbons (Fsp3) is 0.259. The van der Waals surface area contributed by atoms with Gasteiger partial charge in [-0.2, -0.15) is 0 Å². The van der Waals surface area contributed by atoms with Gasteiger partial charge in [0.2, 0.25) is 11.8 Å². The number of amides is 2. The standard InChI is InChI=1S/C27H30FN3O4S/c1-19-14-20(2)16-24(15-19)31(36(34,35)25-8-6-5-7-9-25)18-26(32)30(21(3)27(33)29-4)17-22-10-12-23(28)13-11-22/h5-16,21H,17-18H2,1-4H3,(H,29,33)/t21-/m0/s1. The predicted octanol–water partition coefficient (Wildman–Crippen LogP) is 3.80. The largest absolute Gasteiger partial charge is 0.357 e. The maximum Gasteiger partial charge on any atom is 0.264 e. The van der Waals surface area contributed by atoms with Crippen molar-refractivity contribution < 1.29 is 22.4 Å². The van der Waals surface area contributed by atoms with Crippen molar-refractivity contribution in [2.75, 3.05) is 17.9 Å². The average Bonchev–Trinajstić information content (AvgIpc) is 2.85. The minimum Gasteiger partial charge on any atom is -0.357 e. The molecule has 190 valence electrons. The van der Waals surface area contributed by atoms with Crippen molar-refractivity contribution in [1.82, 2.24) is 10.2 Å². The zero-order valence-electron chi connectivity index (χ0n) is 20.7. The zero-order chi connectivity index (χ0) is 26.5. The van der Waals surface area contributed by atoms with Crippen molar-refractivity contribution in [2.45, 2.75) is 38.3 Å². The second-order valence-corrected chi connectivity index (χ2v) is 10.5. The van der Waals surface area contributed by atoms with Crippen molar-refractivity contribution in [2.24, 2.45) is 0 Å². The second-order valence-electron chi connectivity index (χ2n) is 8.61. The Labute approximate surface area is 211 Å². The molecule has 0 saturated heterocycles. The second kappa shape index (κ2) is 11.3. The first kappa shape index (κ1) is 26.9. The molecule has 0 saturated carbocycles. The maximum atomic E-state index is 13.7. The SMILES string of the molecule is CNC(=O)[C@H](C)N(Cc1ccc(F)cc1)C(=O)CN(c1cc(C)cc(C)c1)S(=O)(=O)c1ccccc1. The highest BCUT2D eigenvalue weighted by molar-refractivity contribution is 7.92. The van der Waals surface area contributed by atoms with E-state index in [0.717, 1.165) is 15.4 Å². The molecular weight excluding hydrogens is 481 g/mol. The van der Waals surface area contributed by atoms with Crippen molar-refractivity contribution in [3.8, 4) is 0 Å². The molecule has 3 aromatic carbocycles. The number of nitrogens with one attached hydrogen (secondary N) is 1. The summed E-state index contributed by atoms with van der Waals surface area (Å²) in [6.45, 7) is 4.73. The Morgan fingerprint density at radius 3 is 2.08 bits per heavy atom. The quantitative estimate of drug-likeness (QED) is 0.474. The van der Waals surface area contributed by atoms with Gasteiger partial charge in [0, 0.05) is 13.6 Å². The number of sulfonamides is 1. The lowest BCUT2D eigenvalue weighted by atomic mass is 10.1. The molecule has 1 atom stereocenters. The molecule has 0 aliphatic heterocycles. The van der Waals surface area contributed by atoms with Crippen LogP contribution in [0.5, 0.6) is 0 Å². The first-order chi connectivity index (χ1) is 17.0. The van der Waals surface area contributed by atoms with Crippen LogP contribution in [0.4, 0.5) is 10.1 Å². The molecule has 36 heavy (non-hydrogen) atoms. The molecule has 0 unspecified atom stereocenters. The van der Waals surface area contributed by atoms with E-state index < -0.39 is 40.2 Å². The Morgan fingerprint density at radius 2 is 1.53 bits per heavy atom. The lowest BCUT2D eigenvalue weighted by molar-refractivity contribution is -0.139. The summed E-state index contributed by atoms with van der Waals surface area (Å²) in [7, 11) is -2.65. The molecule has 0 aliphatic rings. The highest BCUT2D eigenvalue weighted by atomic mass is 32.2. The van der Waals surface area contributed by atoms with Gasteiger partial charge in [-0.1, -0.05) is 36.4 Å². The van der Waals surface area contributed by atoms with E-state index in [1.165, 1.54) is 48.3 Å². The van der Waals surface area contributed by atoms with Crippen LogP contribution in [0.25, 0.3) is 0 Å². The Morgan fingerprint density at radius 1 is 0.944 bits per heavy atom. The molecule has 0 spiro atoms. The summed E-state index contributed by atoms with van der Waals surface area (Å²) >= 11 is 0. The molecule has 0 heterocycles. The summed E-state index contributed by atoms with van der Waals surface area (Å²) in [5.74, 6) is -1.41. The van der Waals surface area contributed by atoms with Gasteiger partial charge in [0.05, 0.1) is 10.6 Å². The molecule has 9 heteroatoms. The van der Waals surface area contributed by atoms with Crippen LogP contribution in [0.3, 0.4) is 0 Å². The van der Waals surface area contributed by atoms with Crippen LogP contribution < -0.4 is 9.62 Å². The maximum absolute atomic E-state index is 13.7. The fourth-order valence-corrected chi connectivity index (χ4v) is 5.34. The fourth-order valence-electron chi connectivity index (χ4n) is 3.92. The summed E-state index contributed by atoms with van der Waals surface area (Å²) < 4.78 is 41.9. The van der Waals surface area contributed by atoms with Crippen molar-refractivity contribution >= 4 is 27.5 Å². The summed E-state index contributed by atoms with van der Waals surface area (Å²) in [6.07, 6.45) is 0. The molecule has 0 fully saturated rings. The van der Waals surface area contributed by atoms with Gasteiger partial charge in [-0.15, -0.1) is 0 Å². The predicted molar refractivity (Wildman–Crippen MR) is 137 cm³/mol. The van der Waals surface area contributed by atoms with E-state index >= 15 is 0 Å². The molecule has 2 amide bonds. The van der Waals surface area contributed by atoms with Crippen molar-refractivity contribution in [1.29, 1.82) is 0 Å². The third kappa shape index (κ3) is 6.28. The summed E-state index contributed by atoms with van der Waals surface area (Å²) in [4.78, 5) is 27.5. The van der Waals surface area contributed by atoms with E-state index in [9.17, 15) is 22.4 Å². The Kier molecular flexibility index (Phi) is 8.47. The topological polar surface area (TPSA) is 86.8 Å². The lowest BCUT2D eigenvalue weighted by Crippen LogP contribution is -2.50. The van der Waals surface area contributed by atoms with E-state index in [1.807, 2.05) is 19.9 Å². The van der Waals surface area contributed by atoms with Crippen LogP contribution in [-0.4, -0.2) is 44.8 Å². The van der Waals surface area contributed by atoms with E-state index in [2.05, 4.69) is 5.32 Å². The molecule has 1 N–H and O–H groups in total. The van der Waals surface area contributed by atoms with Crippen LogP contribution in [0.15, 0.2) is 77.7 Å². The van der Waals surface area contributed by atoms with Crippen molar-refractivity contribution in [3.63, 3.8) is 0 Å². The van der Waals surface area contributed by atoms with Crippen LogP contribution in [0, 0.1) is 19.7 Å². The van der Waals surface area contributed by atoms with E-state index in [0.29, 0.717) is 11.3 Å². The van der Waals surface area contributed by atoms with Crippen LogP contribution in [0.2, 0.25) is 0 Å². The van der Waals surface area contributed by atoms with E-state index in [-0.39, 0.29) is 11.4 Å². The molecule has 7 nitrogen and oxygen atoms in total.